The lowest BCUT2D eigenvalue weighted by Gasteiger charge is -2.20. The summed E-state index contributed by atoms with van der Waals surface area (Å²) in [7, 11) is 0. The summed E-state index contributed by atoms with van der Waals surface area (Å²) < 4.78 is 5.19. The molecular weight excluding hydrogens is 388 g/mol. The normalized spacial score (nSPS) is 16.4. The summed E-state index contributed by atoms with van der Waals surface area (Å²) >= 11 is 1.67. The van der Waals surface area contributed by atoms with Crippen molar-refractivity contribution in [2.45, 2.75) is 61.0 Å². The van der Waals surface area contributed by atoms with Crippen LogP contribution in [0.2, 0.25) is 0 Å². The number of carbonyl (C=O) groups is 3. The minimum atomic E-state index is -0.609. The first-order valence-electron chi connectivity index (χ1n) is 9.62. The Kier molecular flexibility index (Phi) is 6.73. The highest BCUT2D eigenvalue weighted by molar-refractivity contribution is 7.12. The minimum Gasteiger partial charge on any atom is -0.444 e. The number of rotatable bonds is 4. The summed E-state index contributed by atoms with van der Waals surface area (Å²) in [5, 5.41) is 2.60. The van der Waals surface area contributed by atoms with E-state index in [1.54, 1.807) is 32.1 Å². The van der Waals surface area contributed by atoms with E-state index in [-0.39, 0.29) is 24.9 Å². The Morgan fingerprint density at radius 3 is 2.17 bits per heavy atom. The van der Waals surface area contributed by atoms with Gasteiger partial charge in [0.2, 0.25) is 0 Å². The third kappa shape index (κ3) is 5.15. The molecule has 158 valence electrons. The molecule has 1 fully saturated rings. The Morgan fingerprint density at radius 2 is 1.69 bits per heavy atom. The number of alkyl carbamates (subject to hydrolysis) is 1. The molecule has 0 bridgehead atoms. The van der Waals surface area contributed by atoms with Crippen LogP contribution in [0.15, 0.2) is 22.8 Å². The van der Waals surface area contributed by atoms with Gasteiger partial charge in [-0.1, -0.05) is 5.57 Å². The Morgan fingerprint density at radius 1 is 1.10 bits per heavy atom. The Labute approximate surface area is 176 Å². The van der Waals surface area contributed by atoms with Gasteiger partial charge in [0.05, 0.1) is 11.1 Å². The topological polar surface area (TPSA) is 75.7 Å². The number of nitrogens with one attached hydrogen (secondary N) is 1. The number of nitrogens with zero attached hydrogens (tertiary/aromatic N) is 1. The van der Waals surface area contributed by atoms with Crippen LogP contribution in [0.5, 0.6) is 0 Å². The first-order valence-corrected chi connectivity index (χ1v) is 10.4. The SMILES string of the molecule is CC(C)=C1C(=O)N(CCNC(=O)OC(C)(C)C)C(=O)/C1=C(/C)c1cc(C)sc1C. The van der Waals surface area contributed by atoms with Crippen molar-refractivity contribution in [1.82, 2.24) is 10.2 Å². The van der Waals surface area contributed by atoms with Gasteiger partial charge in [0.25, 0.3) is 11.8 Å². The van der Waals surface area contributed by atoms with Crippen LogP contribution < -0.4 is 5.32 Å². The second kappa shape index (κ2) is 8.53. The number of allylic oxidation sites excluding steroid dienone is 2. The summed E-state index contributed by atoms with van der Waals surface area (Å²) in [6.07, 6.45) is -0.574. The Hall–Kier alpha value is -2.41. The monoisotopic (exact) mass is 418 g/mol. The smallest absolute Gasteiger partial charge is 0.407 e. The average Bonchev–Trinajstić information content (AvgIpc) is 3.02. The molecule has 29 heavy (non-hydrogen) atoms. The summed E-state index contributed by atoms with van der Waals surface area (Å²) in [6, 6.07) is 2.05. The van der Waals surface area contributed by atoms with Crippen molar-refractivity contribution < 1.29 is 19.1 Å². The third-order valence-corrected chi connectivity index (χ3v) is 5.46. The van der Waals surface area contributed by atoms with E-state index in [0.29, 0.717) is 11.1 Å². The zero-order valence-electron chi connectivity index (χ0n) is 18.5. The molecule has 0 aromatic carbocycles. The average molecular weight is 419 g/mol. The van der Waals surface area contributed by atoms with E-state index in [0.717, 1.165) is 26.5 Å². The molecule has 1 N–H and O–H groups in total. The van der Waals surface area contributed by atoms with Crippen LogP contribution in [0, 0.1) is 13.8 Å². The van der Waals surface area contributed by atoms with Crippen molar-refractivity contribution in [3.8, 4) is 0 Å². The van der Waals surface area contributed by atoms with Crippen LogP contribution >= 0.6 is 11.3 Å². The molecule has 2 heterocycles. The van der Waals surface area contributed by atoms with Crippen LogP contribution in [-0.4, -0.2) is 41.5 Å². The Bertz CT molecular complexity index is 912. The molecule has 6 nitrogen and oxygen atoms in total. The van der Waals surface area contributed by atoms with Gasteiger partial charge in [-0.3, -0.25) is 14.5 Å². The van der Waals surface area contributed by atoms with Gasteiger partial charge in [-0.25, -0.2) is 4.79 Å². The molecule has 0 saturated carbocycles. The zero-order chi connectivity index (χ0) is 22.1. The maximum atomic E-state index is 13.1. The number of thiophene rings is 1. The molecule has 3 amide bonds. The van der Waals surface area contributed by atoms with E-state index in [1.165, 1.54) is 4.90 Å². The predicted molar refractivity (Wildman–Crippen MR) is 116 cm³/mol. The van der Waals surface area contributed by atoms with Crippen LogP contribution in [0.1, 0.15) is 56.9 Å². The number of hydrogen-bond acceptors (Lipinski definition) is 5. The fourth-order valence-electron chi connectivity index (χ4n) is 3.31. The Balaban J connectivity index is 2.28. The highest BCUT2D eigenvalue weighted by atomic mass is 32.1. The number of imide groups is 1. The summed E-state index contributed by atoms with van der Waals surface area (Å²) in [5.41, 5.74) is 2.90. The summed E-state index contributed by atoms with van der Waals surface area (Å²) in [6.45, 7) is 15.1. The molecule has 0 aliphatic carbocycles. The minimum absolute atomic E-state index is 0.0894. The molecule has 1 aliphatic heterocycles. The van der Waals surface area contributed by atoms with Gasteiger partial charge >= 0.3 is 6.09 Å². The van der Waals surface area contributed by atoms with E-state index < -0.39 is 11.7 Å². The largest absolute Gasteiger partial charge is 0.444 e. The van der Waals surface area contributed by atoms with Crippen molar-refractivity contribution in [2.24, 2.45) is 0 Å². The first-order chi connectivity index (χ1) is 13.3. The molecule has 1 aromatic rings. The number of aryl methyl sites for hydroxylation is 2. The third-order valence-electron chi connectivity index (χ3n) is 4.49. The lowest BCUT2D eigenvalue weighted by atomic mass is 9.95. The van der Waals surface area contributed by atoms with Gasteiger partial charge in [0.1, 0.15) is 5.60 Å². The quantitative estimate of drug-likeness (QED) is 0.582. The highest BCUT2D eigenvalue weighted by Crippen LogP contribution is 2.36. The molecule has 1 aliphatic rings. The van der Waals surface area contributed by atoms with E-state index in [9.17, 15) is 14.4 Å². The van der Waals surface area contributed by atoms with Gasteiger partial charge in [-0.2, -0.15) is 0 Å². The molecule has 2 rings (SSSR count). The summed E-state index contributed by atoms with van der Waals surface area (Å²) in [5.74, 6) is -0.641. The second-order valence-electron chi connectivity index (χ2n) is 8.39. The van der Waals surface area contributed by atoms with Gasteiger partial charge in [-0.05, 0) is 72.6 Å². The maximum Gasteiger partial charge on any atom is 0.407 e. The number of carbonyl (C=O) groups excluding carboxylic acids is 3. The van der Waals surface area contributed by atoms with Crippen molar-refractivity contribution in [3.05, 3.63) is 38.1 Å². The van der Waals surface area contributed by atoms with E-state index in [2.05, 4.69) is 11.4 Å². The first kappa shape index (κ1) is 22.9. The molecule has 0 atom stereocenters. The van der Waals surface area contributed by atoms with Crippen molar-refractivity contribution in [2.75, 3.05) is 13.1 Å². The molecule has 0 unspecified atom stereocenters. The van der Waals surface area contributed by atoms with Crippen molar-refractivity contribution in [1.29, 1.82) is 0 Å². The van der Waals surface area contributed by atoms with Gasteiger partial charge in [0.15, 0.2) is 0 Å². The molecule has 0 radical (unpaired) electrons. The highest BCUT2D eigenvalue weighted by Gasteiger charge is 2.40. The van der Waals surface area contributed by atoms with Crippen LogP contribution in [0.3, 0.4) is 0 Å². The predicted octanol–water partition coefficient (Wildman–Crippen LogP) is 4.37. The molecule has 1 saturated heterocycles. The lowest BCUT2D eigenvalue weighted by molar-refractivity contribution is -0.136. The lowest BCUT2D eigenvalue weighted by Crippen LogP contribution is -2.40. The van der Waals surface area contributed by atoms with Crippen LogP contribution in [0.4, 0.5) is 4.79 Å². The molecule has 1 aromatic heterocycles. The maximum absolute atomic E-state index is 13.1. The summed E-state index contributed by atoms with van der Waals surface area (Å²) in [4.78, 5) is 41.4. The van der Waals surface area contributed by atoms with E-state index >= 15 is 0 Å². The van der Waals surface area contributed by atoms with E-state index in [1.807, 2.05) is 34.6 Å². The standard InChI is InChI=1S/C22H30N2O4S/c1-12(2)17-18(14(4)16-11-13(3)29-15(16)5)20(26)24(19(17)25)10-9-23-21(27)28-22(6,7)8/h11H,9-10H2,1-8H3,(H,23,27)/b18-14-. The number of ether oxygens (including phenoxy) is 1. The van der Waals surface area contributed by atoms with Gasteiger partial charge in [0, 0.05) is 22.8 Å². The molecule has 7 heteroatoms. The molecular formula is C22H30N2O4S. The van der Waals surface area contributed by atoms with Crippen molar-refractivity contribution in [3.63, 3.8) is 0 Å². The second-order valence-corrected chi connectivity index (χ2v) is 9.85. The fourth-order valence-corrected chi connectivity index (χ4v) is 4.29. The fraction of sp³-hybridized carbons (Fsp3) is 0.500. The van der Waals surface area contributed by atoms with E-state index in [4.69, 9.17) is 4.74 Å². The molecule has 0 spiro atoms. The van der Waals surface area contributed by atoms with Crippen molar-refractivity contribution >= 4 is 34.8 Å². The number of amides is 3. The van der Waals surface area contributed by atoms with Crippen LogP contribution in [0.25, 0.3) is 5.57 Å². The van der Waals surface area contributed by atoms with Gasteiger partial charge < -0.3 is 10.1 Å². The van der Waals surface area contributed by atoms with Gasteiger partial charge in [-0.15, -0.1) is 11.3 Å². The van der Waals surface area contributed by atoms with Crippen LogP contribution in [-0.2, 0) is 14.3 Å². The number of likely N-dealkylation sites (tertiary alicyclic amines) is 1. The zero-order valence-corrected chi connectivity index (χ0v) is 19.3. The number of hydrogen-bond donors (Lipinski definition) is 1.